The van der Waals surface area contributed by atoms with Crippen molar-refractivity contribution in [2.24, 2.45) is 10.9 Å². The van der Waals surface area contributed by atoms with Crippen LogP contribution in [-0.4, -0.2) is 20.8 Å². The summed E-state index contributed by atoms with van der Waals surface area (Å²) in [5.74, 6) is 0.115. The van der Waals surface area contributed by atoms with Crippen molar-refractivity contribution in [2.75, 3.05) is 0 Å². The van der Waals surface area contributed by atoms with Gasteiger partial charge >= 0.3 is 0 Å². The van der Waals surface area contributed by atoms with Gasteiger partial charge in [0.15, 0.2) is 5.84 Å². The molecule has 0 aliphatic carbocycles. The van der Waals surface area contributed by atoms with Crippen LogP contribution in [0.2, 0.25) is 0 Å². The number of oxime groups is 1. The number of nitrogens with zero attached hydrogens (tertiary/aromatic N) is 3. The number of hydrogen-bond acceptors (Lipinski definition) is 3. The number of amidine groups is 1. The third kappa shape index (κ3) is 2.44. The summed E-state index contributed by atoms with van der Waals surface area (Å²) in [5, 5.41) is 15.8. The molecule has 17 heavy (non-hydrogen) atoms. The maximum Gasteiger partial charge on any atom is 0.170 e. The van der Waals surface area contributed by atoms with Crippen LogP contribution in [0, 0.1) is 6.92 Å². The monoisotopic (exact) mass is 230 g/mol. The van der Waals surface area contributed by atoms with Crippen LogP contribution >= 0.6 is 0 Å². The largest absolute Gasteiger partial charge is 0.409 e. The molecule has 1 heterocycles. The second-order valence-corrected chi connectivity index (χ2v) is 3.82. The Morgan fingerprint density at radius 2 is 2.29 bits per heavy atom. The average molecular weight is 230 g/mol. The van der Waals surface area contributed by atoms with Crippen LogP contribution in [0.15, 0.2) is 41.7 Å². The van der Waals surface area contributed by atoms with Crippen molar-refractivity contribution in [2.45, 2.75) is 13.5 Å². The fraction of sp³-hybridized carbons (Fsp3) is 0.167. The minimum absolute atomic E-state index is 0.115. The summed E-state index contributed by atoms with van der Waals surface area (Å²) in [6, 6.07) is 9.49. The van der Waals surface area contributed by atoms with Gasteiger partial charge in [-0.3, -0.25) is 4.68 Å². The molecule has 0 saturated carbocycles. The number of rotatable bonds is 3. The number of nitrogens with two attached hydrogens (primary N) is 1. The van der Waals surface area contributed by atoms with E-state index in [1.54, 1.807) is 12.3 Å². The molecule has 0 atom stereocenters. The molecule has 0 amide bonds. The van der Waals surface area contributed by atoms with Crippen LogP contribution in [0.3, 0.4) is 0 Å². The van der Waals surface area contributed by atoms with E-state index in [1.807, 2.05) is 35.9 Å². The Kier molecular flexibility index (Phi) is 3.09. The molecule has 0 fully saturated rings. The highest BCUT2D eigenvalue weighted by atomic mass is 16.4. The lowest BCUT2D eigenvalue weighted by atomic mass is 10.1. The van der Waals surface area contributed by atoms with Gasteiger partial charge in [0.05, 0.1) is 6.54 Å². The van der Waals surface area contributed by atoms with E-state index in [1.165, 1.54) is 0 Å². The summed E-state index contributed by atoms with van der Waals surface area (Å²) in [5.41, 5.74) is 8.40. The van der Waals surface area contributed by atoms with Crippen LogP contribution in [-0.2, 0) is 6.54 Å². The fourth-order valence-electron chi connectivity index (χ4n) is 1.62. The molecule has 3 N–H and O–H groups in total. The Balaban J connectivity index is 2.26. The second-order valence-electron chi connectivity index (χ2n) is 3.82. The first-order chi connectivity index (χ1) is 8.20. The normalized spacial score (nSPS) is 11.7. The van der Waals surface area contributed by atoms with Crippen molar-refractivity contribution >= 4 is 5.84 Å². The van der Waals surface area contributed by atoms with Crippen LogP contribution in [0.4, 0.5) is 0 Å². The highest BCUT2D eigenvalue weighted by Crippen LogP contribution is 2.08. The Bertz CT molecular complexity index is 545. The lowest BCUT2D eigenvalue weighted by Crippen LogP contribution is -2.13. The highest BCUT2D eigenvalue weighted by molar-refractivity contribution is 5.97. The van der Waals surface area contributed by atoms with Crippen molar-refractivity contribution in [3.63, 3.8) is 0 Å². The standard InChI is InChI=1S/C12H14N4O/c1-9-5-6-14-16(9)8-10-3-2-4-11(7-10)12(13)15-17/h2-7,17H,8H2,1H3,(H2,13,15). The van der Waals surface area contributed by atoms with E-state index in [4.69, 9.17) is 10.9 Å². The SMILES string of the molecule is Cc1ccnn1Cc1cccc(C(N)=NO)c1. The first kappa shape index (κ1) is 11.2. The Morgan fingerprint density at radius 3 is 2.94 bits per heavy atom. The van der Waals surface area contributed by atoms with Gasteiger partial charge in [-0.25, -0.2) is 0 Å². The Hall–Kier alpha value is -2.30. The molecule has 1 aromatic heterocycles. The van der Waals surface area contributed by atoms with Gasteiger partial charge in [0.2, 0.25) is 0 Å². The zero-order valence-electron chi connectivity index (χ0n) is 9.54. The van der Waals surface area contributed by atoms with E-state index in [9.17, 15) is 0 Å². The molecule has 0 radical (unpaired) electrons. The van der Waals surface area contributed by atoms with Gasteiger partial charge in [0, 0.05) is 17.5 Å². The van der Waals surface area contributed by atoms with Crippen molar-refractivity contribution < 1.29 is 5.21 Å². The lowest BCUT2D eigenvalue weighted by Gasteiger charge is -2.06. The van der Waals surface area contributed by atoms with Gasteiger partial charge in [0.25, 0.3) is 0 Å². The molecule has 0 aliphatic rings. The lowest BCUT2D eigenvalue weighted by molar-refractivity contribution is 0.318. The van der Waals surface area contributed by atoms with Crippen LogP contribution in [0.5, 0.6) is 0 Å². The number of aromatic nitrogens is 2. The number of benzene rings is 1. The molecule has 88 valence electrons. The van der Waals surface area contributed by atoms with Gasteiger partial charge in [-0.15, -0.1) is 0 Å². The van der Waals surface area contributed by atoms with E-state index in [2.05, 4.69) is 10.3 Å². The highest BCUT2D eigenvalue weighted by Gasteiger charge is 2.02. The molecular formula is C12H14N4O. The molecule has 0 spiro atoms. The molecule has 0 saturated heterocycles. The van der Waals surface area contributed by atoms with Gasteiger partial charge in [-0.05, 0) is 24.6 Å². The molecule has 2 rings (SSSR count). The third-order valence-electron chi connectivity index (χ3n) is 2.59. The van der Waals surface area contributed by atoms with Gasteiger partial charge < -0.3 is 10.9 Å². The van der Waals surface area contributed by atoms with E-state index in [-0.39, 0.29) is 5.84 Å². The summed E-state index contributed by atoms with van der Waals surface area (Å²) in [6.07, 6.45) is 1.77. The zero-order chi connectivity index (χ0) is 12.3. The zero-order valence-corrected chi connectivity index (χ0v) is 9.54. The number of hydrogen-bond donors (Lipinski definition) is 2. The third-order valence-corrected chi connectivity index (χ3v) is 2.59. The van der Waals surface area contributed by atoms with E-state index >= 15 is 0 Å². The smallest absolute Gasteiger partial charge is 0.170 e. The first-order valence-electron chi connectivity index (χ1n) is 5.26. The predicted octanol–water partition coefficient (Wildman–Crippen LogP) is 1.33. The van der Waals surface area contributed by atoms with E-state index in [0.717, 1.165) is 11.3 Å². The quantitative estimate of drug-likeness (QED) is 0.361. The summed E-state index contributed by atoms with van der Waals surface area (Å²) in [7, 11) is 0. The second kappa shape index (κ2) is 4.69. The predicted molar refractivity (Wildman–Crippen MR) is 65.0 cm³/mol. The summed E-state index contributed by atoms with van der Waals surface area (Å²) in [6.45, 7) is 2.67. The van der Waals surface area contributed by atoms with Crippen LogP contribution < -0.4 is 5.73 Å². The summed E-state index contributed by atoms with van der Waals surface area (Å²) >= 11 is 0. The molecule has 0 unspecified atom stereocenters. The first-order valence-corrected chi connectivity index (χ1v) is 5.26. The maximum absolute atomic E-state index is 8.63. The van der Waals surface area contributed by atoms with Crippen molar-refractivity contribution in [1.82, 2.24) is 9.78 Å². The number of aryl methyl sites for hydroxylation is 1. The molecule has 0 bridgehead atoms. The Labute approximate surface area is 99.2 Å². The van der Waals surface area contributed by atoms with E-state index in [0.29, 0.717) is 12.1 Å². The van der Waals surface area contributed by atoms with Gasteiger partial charge in [0.1, 0.15) is 0 Å². The Morgan fingerprint density at radius 1 is 1.47 bits per heavy atom. The van der Waals surface area contributed by atoms with Gasteiger partial charge in [-0.2, -0.15) is 5.10 Å². The fourth-order valence-corrected chi connectivity index (χ4v) is 1.62. The van der Waals surface area contributed by atoms with Crippen LogP contribution in [0.1, 0.15) is 16.8 Å². The average Bonchev–Trinajstić information content (AvgIpc) is 2.74. The topological polar surface area (TPSA) is 76.4 Å². The van der Waals surface area contributed by atoms with Crippen molar-refractivity contribution in [1.29, 1.82) is 0 Å². The molecule has 0 aliphatic heterocycles. The molecule has 5 nitrogen and oxygen atoms in total. The van der Waals surface area contributed by atoms with Crippen molar-refractivity contribution in [3.05, 3.63) is 53.3 Å². The van der Waals surface area contributed by atoms with Crippen LogP contribution in [0.25, 0.3) is 0 Å². The maximum atomic E-state index is 8.63. The van der Waals surface area contributed by atoms with Crippen molar-refractivity contribution in [3.8, 4) is 0 Å². The van der Waals surface area contributed by atoms with Gasteiger partial charge in [-0.1, -0.05) is 23.4 Å². The summed E-state index contributed by atoms with van der Waals surface area (Å²) in [4.78, 5) is 0. The minimum Gasteiger partial charge on any atom is -0.409 e. The molecular weight excluding hydrogens is 216 g/mol. The molecule has 1 aromatic carbocycles. The van der Waals surface area contributed by atoms with E-state index < -0.39 is 0 Å². The summed E-state index contributed by atoms with van der Waals surface area (Å²) < 4.78 is 1.89. The molecule has 2 aromatic rings. The minimum atomic E-state index is 0.115. The molecule has 5 heteroatoms.